The monoisotopic (exact) mass is 444 g/mol. The summed E-state index contributed by atoms with van der Waals surface area (Å²) in [7, 11) is 0. The second-order valence-electron chi connectivity index (χ2n) is 9.36. The number of piperidine rings is 1. The first-order valence-corrected chi connectivity index (χ1v) is 12.2. The van der Waals surface area contributed by atoms with Crippen molar-refractivity contribution in [2.45, 2.75) is 77.7 Å². The first-order chi connectivity index (χ1) is 15.4. The molecule has 7 nitrogen and oxygen atoms in total. The fourth-order valence-electron chi connectivity index (χ4n) is 4.67. The number of carbonyl (C=O) groups excluding carboxylic acids is 2. The van der Waals surface area contributed by atoms with E-state index in [1.165, 1.54) is 25.8 Å². The highest BCUT2D eigenvalue weighted by Gasteiger charge is 2.26. The number of urea groups is 1. The van der Waals surface area contributed by atoms with Gasteiger partial charge in [0, 0.05) is 37.8 Å². The average molecular weight is 445 g/mol. The van der Waals surface area contributed by atoms with E-state index in [9.17, 15) is 9.59 Å². The molecule has 0 radical (unpaired) electrons. The van der Waals surface area contributed by atoms with Crippen molar-refractivity contribution < 1.29 is 14.3 Å². The Balaban J connectivity index is 1.32. The molecule has 0 spiro atoms. The molecule has 3 rings (SSSR count). The molecule has 2 saturated heterocycles. The van der Waals surface area contributed by atoms with Crippen LogP contribution < -0.4 is 10.6 Å². The summed E-state index contributed by atoms with van der Waals surface area (Å²) in [6.07, 6.45) is 6.18. The van der Waals surface area contributed by atoms with Gasteiger partial charge >= 0.3 is 6.03 Å². The molecule has 0 aliphatic carbocycles. The lowest BCUT2D eigenvalue weighted by atomic mass is 10.0. The lowest BCUT2D eigenvalue weighted by molar-refractivity contribution is -0.0586. The van der Waals surface area contributed by atoms with E-state index in [0.717, 1.165) is 24.9 Å². The molecule has 0 saturated carbocycles. The number of unbranched alkanes of at least 4 members (excludes halogenated alkanes) is 1. The van der Waals surface area contributed by atoms with E-state index in [4.69, 9.17) is 4.74 Å². The fourth-order valence-corrected chi connectivity index (χ4v) is 4.67. The van der Waals surface area contributed by atoms with Crippen molar-refractivity contribution in [2.24, 2.45) is 0 Å². The predicted octanol–water partition coefficient (Wildman–Crippen LogP) is 3.39. The van der Waals surface area contributed by atoms with Crippen LogP contribution in [0.1, 0.15) is 68.8 Å². The molecule has 7 heteroatoms. The Bertz CT molecular complexity index is 729. The molecule has 0 aromatic heterocycles. The minimum Gasteiger partial charge on any atom is -0.372 e. The zero-order valence-electron chi connectivity index (χ0n) is 19.9. The number of likely N-dealkylation sites (tertiary alicyclic amines) is 1. The number of nitrogens with zero attached hydrogens (tertiary/aromatic N) is 2. The molecule has 1 aromatic rings. The number of nitrogens with one attached hydrogen (secondary N) is 2. The highest BCUT2D eigenvalue weighted by atomic mass is 16.5. The van der Waals surface area contributed by atoms with Crippen molar-refractivity contribution in [3.8, 4) is 0 Å². The molecule has 2 heterocycles. The Morgan fingerprint density at radius 1 is 1.00 bits per heavy atom. The van der Waals surface area contributed by atoms with Gasteiger partial charge in [-0.05, 0) is 77.2 Å². The molecule has 0 bridgehead atoms. The number of amides is 3. The summed E-state index contributed by atoms with van der Waals surface area (Å²) in [6.45, 7) is 11.0. The maximum Gasteiger partial charge on any atom is 0.315 e. The van der Waals surface area contributed by atoms with Crippen molar-refractivity contribution >= 4 is 11.9 Å². The Hall–Kier alpha value is -2.12. The molecule has 32 heavy (non-hydrogen) atoms. The Morgan fingerprint density at radius 3 is 2.41 bits per heavy atom. The van der Waals surface area contributed by atoms with Gasteiger partial charge in [-0.3, -0.25) is 4.79 Å². The van der Waals surface area contributed by atoms with Gasteiger partial charge in [-0.2, -0.15) is 0 Å². The zero-order chi connectivity index (χ0) is 22.9. The third-order valence-corrected chi connectivity index (χ3v) is 6.46. The van der Waals surface area contributed by atoms with Crippen LogP contribution >= 0.6 is 0 Å². The van der Waals surface area contributed by atoms with Gasteiger partial charge in [0.2, 0.25) is 0 Å². The molecule has 3 atom stereocenters. The first-order valence-electron chi connectivity index (χ1n) is 12.2. The molecule has 1 aromatic carbocycles. The van der Waals surface area contributed by atoms with E-state index in [1.807, 2.05) is 43.0 Å². The minimum atomic E-state index is -0.146. The Kier molecular flexibility index (Phi) is 9.36. The molecule has 3 amide bonds. The van der Waals surface area contributed by atoms with E-state index < -0.39 is 0 Å². The second-order valence-corrected chi connectivity index (χ2v) is 9.36. The normalized spacial score (nSPS) is 24.2. The largest absolute Gasteiger partial charge is 0.372 e. The fraction of sp³-hybridized carbons (Fsp3) is 0.680. The standard InChI is InChI=1S/C25H40N4O3/c1-19-8-4-6-14-28(19)15-7-5-13-26-25(31)27-16-22-9-11-23(12-10-22)24(30)29-17-20(2)32-21(3)18-29/h9-12,19-21H,4-8,13-18H2,1-3H3,(H2,26,27,31)/t19-,20-,21+/m1/s1. The SMILES string of the molecule is C[C@@H]1CN(C(=O)c2ccc(CNC(=O)NCCCCN3CCCC[C@H]3C)cc2)C[C@H](C)O1. The van der Waals surface area contributed by atoms with Crippen LogP contribution in [0.5, 0.6) is 0 Å². The number of hydrogen-bond acceptors (Lipinski definition) is 4. The summed E-state index contributed by atoms with van der Waals surface area (Å²) in [6, 6.07) is 8.03. The molecule has 0 unspecified atom stereocenters. The maximum atomic E-state index is 12.7. The summed E-state index contributed by atoms with van der Waals surface area (Å²) >= 11 is 0. The second kappa shape index (κ2) is 12.2. The van der Waals surface area contributed by atoms with Crippen LogP contribution in [0.3, 0.4) is 0 Å². The summed E-state index contributed by atoms with van der Waals surface area (Å²) in [5.41, 5.74) is 1.64. The van der Waals surface area contributed by atoms with Gasteiger partial charge in [-0.25, -0.2) is 4.79 Å². The number of benzene rings is 1. The molecule has 2 N–H and O–H groups in total. The van der Waals surface area contributed by atoms with Crippen LogP contribution in [-0.4, -0.2) is 72.7 Å². The van der Waals surface area contributed by atoms with Crippen molar-refractivity contribution in [1.29, 1.82) is 0 Å². The summed E-state index contributed by atoms with van der Waals surface area (Å²) < 4.78 is 5.71. The van der Waals surface area contributed by atoms with Gasteiger partial charge in [0.15, 0.2) is 0 Å². The highest BCUT2D eigenvalue weighted by Crippen LogP contribution is 2.17. The molecular weight excluding hydrogens is 404 g/mol. The van der Waals surface area contributed by atoms with Crippen LogP contribution in [0.15, 0.2) is 24.3 Å². The van der Waals surface area contributed by atoms with Crippen LogP contribution in [0.25, 0.3) is 0 Å². The Labute approximate surface area is 192 Å². The van der Waals surface area contributed by atoms with E-state index in [2.05, 4.69) is 22.5 Å². The topological polar surface area (TPSA) is 73.9 Å². The lowest BCUT2D eigenvalue weighted by Crippen LogP contribution is -2.48. The number of carbonyl (C=O) groups is 2. The summed E-state index contributed by atoms with van der Waals surface area (Å²) in [5.74, 6) is 0.0307. The van der Waals surface area contributed by atoms with E-state index >= 15 is 0 Å². The number of rotatable bonds is 8. The third-order valence-electron chi connectivity index (χ3n) is 6.46. The van der Waals surface area contributed by atoms with E-state index in [1.54, 1.807) is 0 Å². The first kappa shape index (κ1) is 24.5. The average Bonchev–Trinajstić information content (AvgIpc) is 2.78. The van der Waals surface area contributed by atoms with Crippen LogP contribution in [-0.2, 0) is 11.3 Å². The zero-order valence-corrected chi connectivity index (χ0v) is 19.9. The summed E-state index contributed by atoms with van der Waals surface area (Å²) in [5, 5.41) is 5.84. The van der Waals surface area contributed by atoms with Crippen LogP contribution in [0.2, 0.25) is 0 Å². The smallest absolute Gasteiger partial charge is 0.315 e. The van der Waals surface area contributed by atoms with Gasteiger partial charge in [-0.1, -0.05) is 18.6 Å². The van der Waals surface area contributed by atoms with Gasteiger partial charge < -0.3 is 25.2 Å². The quantitative estimate of drug-likeness (QED) is 0.603. The van der Waals surface area contributed by atoms with Gasteiger partial charge in [-0.15, -0.1) is 0 Å². The van der Waals surface area contributed by atoms with Crippen LogP contribution in [0, 0.1) is 0 Å². The minimum absolute atomic E-state index is 0.0307. The number of ether oxygens (including phenoxy) is 1. The van der Waals surface area contributed by atoms with E-state index in [0.29, 0.717) is 37.8 Å². The molecular formula is C25H40N4O3. The van der Waals surface area contributed by atoms with E-state index in [-0.39, 0.29) is 24.1 Å². The van der Waals surface area contributed by atoms with Gasteiger partial charge in [0.25, 0.3) is 5.91 Å². The third kappa shape index (κ3) is 7.48. The van der Waals surface area contributed by atoms with Gasteiger partial charge in [0.05, 0.1) is 12.2 Å². The lowest BCUT2D eigenvalue weighted by Gasteiger charge is -2.35. The maximum absolute atomic E-state index is 12.7. The van der Waals surface area contributed by atoms with Crippen molar-refractivity contribution in [2.75, 3.05) is 32.7 Å². The van der Waals surface area contributed by atoms with Crippen molar-refractivity contribution in [3.05, 3.63) is 35.4 Å². The van der Waals surface area contributed by atoms with Crippen LogP contribution in [0.4, 0.5) is 4.79 Å². The highest BCUT2D eigenvalue weighted by molar-refractivity contribution is 5.94. The summed E-state index contributed by atoms with van der Waals surface area (Å²) in [4.78, 5) is 29.2. The molecule has 2 fully saturated rings. The van der Waals surface area contributed by atoms with Crippen molar-refractivity contribution in [3.63, 3.8) is 0 Å². The molecule has 178 valence electrons. The molecule has 2 aliphatic rings. The van der Waals surface area contributed by atoms with Crippen molar-refractivity contribution in [1.82, 2.24) is 20.4 Å². The van der Waals surface area contributed by atoms with Gasteiger partial charge in [0.1, 0.15) is 0 Å². The Morgan fingerprint density at radius 2 is 1.72 bits per heavy atom. The number of morpholine rings is 1. The number of hydrogen-bond donors (Lipinski definition) is 2. The molecule has 2 aliphatic heterocycles. The predicted molar refractivity (Wildman–Crippen MR) is 127 cm³/mol.